The second-order valence-corrected chi connectivity index (χ2v) is 5.71. The van der Waals surface area contributed by atoms with E-state index < -0.39 is 11.6 Å². The minimum Gasteiger partial charge on any atom is -0.225 e. The molecule has 1 nitrogen and oxygen atoms in total. The van der Waals surface area contributed by atoms with Crippen molar-refractivity contribution in [2.75, 3.05) is 7.05 Å². The lowest BCUT2D eigenvalue weighted by Crippen LogP contribution is -2.31. The first-order chi connectivity index (χ1) is 9.49. The fourth-order valence-corrected chi connectivity index (χ4v) is 2.65. The highest BCUT2D eigenvalue weighted by Gasteiger charge is 2.30. The fourth-order valence-electron chi connectivity index (χ4n) is 2.65. The molecule has 0 amide bonds. The van der Waals surface area contributed by atoms with Crippen LogP contribution in [-0.2, 0) is 0 Å². The molecule has 1 aliphatic carbocycles. The maximum atomic E-state index is 14.3. The van der Waals surface area contributed by atoms with Crippen LogP contribution in [0.2, 0.25) is 0 Å². The molecule has 1 unspecified atom stereocenters. The van der Waals surface area contributed by atoms with Crippen molar-refractivity contribution in [1.82, 2.24) is 0 Å². The Balaban J connectivity index is 2.11. The van der Waals surface area contributed by atoms with Gasteiger partial charge in [0.2, 0.25) is 5.71 Å². The van der Waals surface area contributed by atoms with Crippen LogP contribution in [0.5, 0.6) is 0 Å². The number of halogens is 2. The lowest BCUT2D eigenvalue weighted by Gasteiger charge is -2.16. The van der Waals surface area contributed by atoms with Crippen LogP contribution in [0, 0.1) is 11.6 Å². The normalized spacial score (nSPS) is 22.6. The van der Waals surface area contributed by atoms with Gasteiger partial charge in [-0.25, -0.2) is 13.4 Å². The van der Waals surface area contributed by atoms with Crippen molar-refractivity contribution in [1.29, 1.82) is 0 Å². The zero-order chi connectivity index (χ0) is 14.4. The monoisotopic (exact) mass is 274 g/mol. The molecule has 0 bridgehead atoms. The molecule has 1 aliphatic heterocycles. The topological polar surface area (TPSA) is 3.01 Å². The molecule has 3 heteroatoms. The molecule has 0 N–H and O–H groups in total. The predicted molar refractivity (Wildman–Crippen MR) is 76.4 cm³/mol. The summed E-state index contributed by atoms with van der Waals surface area (Å²) in [6, 6.07) is 3.01. The zero-order valence-corrected chi connectivity index (χ0v) is 11.8. The van der Waals surface area contributed by atoms with Crippen LogP contribution < -0.4 is 0 Å². The molecular weight excluding hydrogens is 256 g/mol. The van der Waals surface area contributed by atoms with Crippen molar-refractivity contribution in [3.8, 4) is 0 Å². The molecule has 0 radical (unpaired) electrons. The summed E-state index contributed by atoms with van der Waals surface area (Å²) in [7, 11) is 1.84. The van der Waals surface area contributed by atoms with Gasteiger partial charge in [-0.1, -0.05) is 6.58 Å². The Hall–Kier alpha value is -1.77. The van der Waals surface area contributed by atoms with Gasteiger partial charge in [-0.3, -0.25) is 0 Å². The summed E-state index contributed by atoms with van der Waals surface area (Å²) in [5.74, 6) is -0.604. The van der Waals surface area contributed by atoms with E-state index in [1.54, 1.807) is 6.08 Å². The maximum Gasteiger partial charge on any atom is 0.213 e. The minimum atomic E-state index is -0.474. The second kappa shape index (κ2) is 4.65. The zero-order valence-electron chi connectivity index (χ0n) is 11.8. The van der Waals surface area contributed by atoms with E-state index in [2.05, 4.69) is 6.58 Å². The van der Waals surface area contributed by atoms with Gasteiger partial charge in [0, 0.05) is 18.6 Å². The van der Waals surface area contributed by atoms with E-state index in [9.17, 15) is 8.78 Å². The molecule has 1 atom stereocenters. The third-order valence-electron chi connectivity index (χ3n) is 4.32. The van der Waals surface area contributed by atoms with Crippen molar-refractivity contribution in [3.05, 3.63) is 59.2 Å². The largest absolute Gasteiger partial charge is 0.225 e. The molecule has 2 aliphatic rings. The van der Waals surface area contributed by atoms with Crippen molar-refractivity contribution in [2.24, 2.45) is 0 Å². The van der Waals surface area contributed by atoms with Gasteiger partial charge in [-0.15, -0.1) is 0 Å². The van der Waals surface area contributed by atoms with Crippen molar-refractivity contribution in [2.45, 2.75) is 31.7 Å². The summed E-state index contributed by atoms with van der Waals surface area (Å²) in [5.41, 5.74) is 2.35. The van der Waals surface area contributed by atoms with Gasteiger partial charge in [0.05, 0.1) is 0 Å². The van der Waals surface area contributed by atoms with Gasteiger partial charge < -0.3 is 0 Å². The van der Waals surface area contributed by atoms with Gasteiger partial charge in [-0.2, -0.15) is 0 Å². The molecule has 1 fully saturated rings. The molecule has 1 aromatic rings. The number of nitrogens with zero attached hydrogens (tertiary/aromatic N) is 1. The van der Waals surface area contributed by atoms with E-state index in [0.29, 0.717) is 11.6 Å². The number of hydrogen-bond donors (Lipinski definition) is 0. The molecule has 104 valence electrons. The van der Waals surface area contributed by atoms with E-state index in [-0.39, 0.29) is 11.6 Å². The fraction of sp³-hybridized carbons (Fsp3) is 0.353. The van der Waals surface area contributed by atoms with E-state index in [4.69, 9.17) is 0 Å². The second-order valence-electron chi connectivity index (χ2n) is 5.71. The molecular formula is C17H18F2N+. The number of likely N-dealkylation sites (N-methyl/N-ethyl adjacent to an activating group) is 1. The van der Waals surface area contributed by atoms with E-state index in [1.165, 1.54) is 12.1 Å². The van der Waals surface area contributed by atoms with E-state index in [0.717, 1.165) is 24.0 Å². The first-order valence-electron chi connectivity index (χ1n) is 6.95. The lowest BCUT2D eigenvalue weighted by molar-refractivity contribution is -0.523. The number of rotatable bonds is 2. The average molecular weight is 274 g/mol. The van der Waals surface area contributed by atoms with Crippen LogP contribution in [0.4, 0.5) is 8.78 Å². The van der Waals surface area contributed by atoms with Gasteiger partial charge in [0.1, 0.15) is 24.2 Å². The van der Waals surface area contributed by atoms with Gasteiger partial charge in [0.25, 0.3) is 0 Å². The van der Waals surface area contributed by atoms with Crippen LogP contribution in [-0.4, -0.2) is 23.4 Å². The SMILES string of the molecule is C=C1C=CC(c2c(F)cc(C3CC3)cc2F)=[N+](C)C1C. The van der Waals surface area contributed by atoms with Crippen LogP contribution in [0.3, 0.4) is 0 Å². The van der Waals surface area contributed by atoms with Crippen LogP contribution in [0.15, 0.2) is 36.4 Å². The molecule has 1 aromatic carbocycles. The Morgan fingerprint density at radius 1 is 1.15 bits per heavy atom. The summed E-state index contributed by atoms with van der Waals surface area (Å²) in [6.07, 6.45) is 5.63. The standard InChI is InChI=1S/C17H18F2N/c1-10-4-7-16(20(3)11(10)2)17-14(18)8-13(9-15(17)19)12-5-6-12/h4,7-9,11-12H,1,5-6H2,2-3H3/q+1. The van der Waals surface area contributed by atoms with Crippen LogP contribution in [0.25, 0.3) is 0 Å². The first-order valence-corrected chi connectivity index (χ1v) is 6.95. The first kappa shape index (κ1) is 13.2. The summed E-state index contributed by atoms with van der Waals surface area (Å²) < 4.78 is 30.5. The Morgan fingerprint density at radius 3 is 2.30 bits per heavy atom. The third kappa shape index (κ3) is 2.11. The molecule has 1 saturated carbocycles. The number of hydrogen-bond acceptors (Lipinski definition) is 0. The Kier molecular flexibility index (Phi) is 3.08. The predicted octanol–water partition coefficient (Wildman–Crippen LogP) is 3.79. The number of allylic oxidation sites excluding steroid dienone is 1. The smallest absolute Gasteiger partial charge is 0.213 e. The summed E-state index contributed by atoms with van der Waals surface area (Å²) >= 11 is 0. The van der Waals surface area contributed by atoms with E-state index in [1.807, 2.05) is 24.6 Å². The third-order valence-corrected chi connectivity index (χ3v) is 4.32. The maximum absolute atomic E-state index is 14.3. The quantitative estimate of drug-likeness (QED) is 0.722. The highest BCUT2D eigenvalue weighted by Crippen LogP contribution is 2.41. The van der Waals surface area contributed by atoms with Gasteiger partial charge >= 0.3 is 0 Å². The Morgan fingerprint density at radius 2 is 1.75 bits per heavy atom. The summed E-state index contributed by atoms with van der Waals surface area (Å²) in [6.45, 7) is 5.91. The highest BCUT2D eigenvalue weighted by molar-refractivity contribution is 6.06. The van der Waals surface area contributed by atoms with E-state index >= 15 is 0 Å². The molecule has 3 rings (SSSR count). The van der Waals surface area contributed by atoms with Crippen molar-refractivity contribution in [3.63, 3.8) is 0 Å². The van der Waals surface area contributed by atoms with Crippen LogP contribution >= 0.6 is 0 Å². The molecule has 0 saturated heterocycles. The molecule has 0 aromatic heterocycles. The van der Waals surface area contributed by atoms with Crippen molar-refractivity contribution < 1.29 is 13.4 Å². The lowest BCUT2D eigenvalue weighted by atomic mass is 9.98. The Labute approximate surface area is 117 Å². The van der Waals surface area contributed by atoms with Gasteiger partial charge in [0.15, 0.2) is 6.04 Å². The molecule has 20 heavy (non-hydrogen) atoms. The Bertz CT molecular complexity index is 628. The average Bonchev–Trinajstić information content (AvgIpc) is 3.22. The molecule has 0 spiro atoms. The van der Waals surface area contributed by atoms with Crippen LogP contribution in [0.1, 0.15) is 36.8 Å². The minimum absolute atomic E-state index is 0.0388. The highest BCUT2D eigenvalue weighted by atomic mass is 19.1. The van der Waals surface area contributed by atoms with Crippen molar-refractivity contribution >= 4 is 5.71 Å². The van der Waals surface area contributed by atoms with Gasteiger partial charge in [-0.05, 0) is 42.5 Å². The summed E-state index contributed by atoms with van der Waals surface area (Å²) in [5, 5.41) is 0. The number of benzene rings is 1. The molecule has 1 heterocycles. The summed E-state index contributed by atoms with van der Waals surface area (Å²) in [4.78, 5) is 0.